The Morgan fingerprint density at radius 3 is 2.53 bits per heavy atom. The van der Waals surface area contributed by atoms with E-state index in [4.69, 9.17) is 4.74 Å². The molecule has 0 heterocycles. The number of hydrogen-bond donors (Lipinski definition) is 2. The van der Waals surface area contributed by atoms with Gasteiger partial charge in [-0.25, -0.2) is 4.79 Å². The third kappa shape index (κ3) is 5.39. The molecule has 4 nitrogen and oxygen atoms in total. The second kappa shape index (κ2) is 6.24. The van der Waals surface area contributed by atoms with Crippen molar-refractivity contribution in [2.45, 2.75) is 71.1 Å². The van der Waals surface area contributed by atoms with E-state index in [9.17, 15) is 4.79 Å². The van der Waals surface area contributed by atoms with Gasteiger partial charge in [0.05, 0.1) is 0 Å². The molecule has 1 aliphatic carbocycles. The van der Waals surface area contributed by atoms with Gasteiger partial charge >= 0.3 is 6.09 Å². The van der Waals surface area contributed by atoms with Crippen LogP contribution in [0.5, 0.6) is 0 Å². The van der Waals surface area contributed by atoms with E-state index in [0.29, 0.717) is 6.04 Å². The van der Waals surface area contributed by atoms with Gasteiger partial charge in [-0.1, -0.05) is 6.92 Å². The number of amides is 1. The molecular weight excluding hydrogens is 216 g/mol. The van der Waals surface area contributed by atoms with Crippen LogP contribution >= 0.6 is 0 Å². The molecule has 0 saturated heterocycles. The summed E-state index contributed by atoms with van der Waals surface area (Å²) >= 11 is 0. The van der Waals surface area contributed by atoms with E-state index in [0.717, 1.165) is 25.8 Å². The van der Waals surface area contributed by atoms with Crippen LogP contribution in [-0.2, 0) is 4.74 Å². The fraction of sp³-hybridized carbons (Fsp3) is 0.923. The molecule has 0 aliphatic heterocycles. The Balaban J connectivity index is 2.36. The first-order chi connectivity index (χ1) is 7.92. The summed E-state index contributed by atoms with van der Waals surface area (Å²) in [6.07, 6.45) is 4.17. The highest BCUT2D eigenvalue weighted by Crippen LogP contribution is 2.19. The van der Waals surface area contributed by atoms with Gasteiger partial charge < -0.3 is 15.4 Å². The number of carbonyl (C=O) groups is 1. The lowest BCUT2D eigenvalue weighted by Gasteiger charge is -2.25. The van der Waals surface area contributed by atoms with Crippen molar-refractivity contribution in [2.24, 2.45) is 0 Å². The minimum atomic E-state index is -0.422. The smallest absolute Gasteiger partial charge is 0.407 e. The van der Waals surface area contributed by atoms with Gasteiger partial charge in [0.15, 0.2) is 0 Å². The topological polar surface area (TPSA) is 50.4 Å². The Hall–Kier alpha value is -0.770. The second-order valence-corrected chi connectivity index (χ2v) is 5.74. The Morgan fingerprint density at radius 1 is 1.29 bits per heavy atom. The van der Waals surface area contributed by atoms with Crippen LogP contribution in [0, 0.1) is 0 Å². The van der Waals surface area contributed by atoms with Crippen LogP contribution in [0.25, 0.3) is 0 Å². The highest BCUT2D eigenvalue weighted by Gasteiger charge is 2.29. The Bertz CT molecular complexity index is 248. The first-order valence-electron chi connectivity index (χ1n) is 6.65. The molecule has 1 rings (SSSR count). The quantitative estimate of drug-likeness (QED) is 0.796. The van der Waals surface area contributed by atoms with Gasteiger partial charge in [-0.3, -0.25) is 0 Å². The molecule has 1 fully saturated rings. The molecular formula is C13H26N2O2. The molecule has 0 spiro atoms. The van der Waals surface area contributed by atoms with Crippen LogP contribution in [-0.4, -0.2) is 30.3 Å². The highest BCUT2D eigenvalue weighted by atomic mass is 16.6. The van der Waals surface area contributed by atoms with Crippen LogP contribution in [0.3, 0.4) is 0 Å². The molecule has 17 heavy (non-hydrogen) atoms. The molecule has 2 N–H and O–H groups in total. The van der Waals surface area contributed by atoms with Crippen molar-refractivity contribution in [2.75, 3.05) is 6.54 Å². The zero-order valence-corrected chi connectivity index (χ0v) is 11.5. The molecule has 100 valence electrons. The van der Waals surface area contributed by atoms with Crippen molar-refractivity contribution in [1.82, 2.24) is 10.6 Å². The minimum Gasteiger partial charge on any atom is -0.444 e. The minimum absolute atomic E-state index is 0.219. The van der Waals surface area contributed by atoms with Gasteiger partial charge in [-0.05, 0) is 53.0 Å². The summed E-state index contributed by atoms with van der Waals surface area (Å²) in [5, 5.41) is 6.45. The fourth-order valence-electron chi connectivity index (χ4n) is 2.17. The molecule has 0 aromatic carbocycles. The molecule has 1 saturated carbocycles. The summed E-state index contributed by atoms with van der Waals surface area (Å²) in [5.41, 5.74) is -0.422. The van der Waals surface area contributed by atoms with Crippen molar-refractivity contribution >= 4 is 6.09 Å². The SMILES string of the molecule is CCCNC1CCCC1NC(=O)OC(C)(C)C. The molecule has 0 aromatic rings. The number of hydrogen-bond acceptors (Lipinski definition) is 3. The van der Waals surface area contributed by atoms with E-state index in [1.165, 1.54) is 6.42 Å². The molecule has 0 radical (unpaired) electrons. The summed E-state index contributed by atoms with van der Waals surface area (Å²) in [5.74, 6) is 0. The van der Waals surface area contributed by atoms with Gasteiger partial charge in [0.1, 0.15) is 5.60 Å². The van der Waals surface area contributed by atoms with Gasteiger partial charge in [0.2, 0.25) is 0 Å². The zero-order valence-electron chi connectivity index (χ0n) is 11.5. The summed E-state index contributed by atoms with van der Waals surface area (Å²) in [6.45, 7) is 8.81. The van der Waals surface area contributed by atoms with Crippen LogP contribution < -0.4 is 10.6 Å². The first kappa shape index (κ1) is 14.3. The zero-order chi connectivity index (χ0) is 12.9. The van der Waals surface area contributed by atoms with E-state index >= 15 is 0 Å². The molecule has 2 unspecified atom stereocenters. The second-order valence-electron chi connectivity index (χ2n) is 5.74. The third-order valence-electron chi connectivity index (χ3n) is 2.87. The fourth-order valence-corrected chi connectivity index (χ4v) is 2.17. The van der Waals surface area contributed by atoms with Crippen molar-refractivity contribution in [3.05, 3.63) is 0 Å². The summed E-state index contributed by atoms with van der Waals surface area (Å²) in [4.78, 5) is 11.7. The number of alkyl carbamates (subject to hydrolysis) is 1. The van der Waals surface area contributed by atoms with E-state index in [1.807, 2.05) is 20.8 Å². The summed E-state index contributed by atoms with van der Waals surface area (Å²) in [6, 6.07) is 0.624. The van der Waals surface area contributed by atoms with Crippen LogP contribution in [0.1, 0.15) is 53.4 Å². The van der Waals surface area contributed by atoms with Gasteiger partial charge in [0, 0.05) is 12.1 Å². The normalized spacial score (nSPS) is 24.7. The Labute approximate surface area is 104 Å². The van der Waals surface area contributed by atoms with E-state index in [2.05, 4.69) is 17.6 Å². The average molecular weight is 242 g/mol. The number of rotatable bonds is 4. The molecule has 1 amide bonds. The van der Waals surface area contributed by atoms with Crippen molar-refractivity contribution < 1.29 is 9.53 Å². The van der Waals surface area contributed by atoms with Crippen LogP contribution in [0.4, 0.5) is 4.79 Å². The lowest BCUT2D eigenvalue weighted by Crippen LogP contribution is -2.48. The lowest BCUT2D eigenvalue weighted by molar-refractivity contribution is 0.0498. The third-order valence-corrected chi connectivity index (χ3v) is 2.87. The van der Waals surface area contributed by atoms with Crippen molar-refractivity contribution in [3.8, 4) is 0 Å². The maximum Gasteiger partial charge on any atom is 0.407 e. The average Bonchev–Trinajstić information content (AvgIpc) is 2.59. The standard InChI is InChI=1S/C13H26N2O2/c1-5-9-14-10-7-6-8-11(10)15-12(16)17-13(2,3)4/h10-11,14H,5-9H2,1-4H3,(H,15,16). The summed E-state index contributed by atoms with van der Waals surface area (Å²) in [7, 11) is 0. The molecule has 4 heteroatoms. The van der Waals surface area contributed by atoms with Crippen molar-refractivity contribution in [1.29, 1.82) is 0 Å². The monoisotopic (exact) mass is 242 g/mol. The number of ether oxygens (including phenoxy) is 1. The predicted octanol–water partition coefficient (Wildman–Crippen LogP) is 2.43. The lowest BCUT2D eigenvalue weighted by atomic mass is 10.1. The van der Waals surface area contributed by atoms with Crippen LogP contribution in [0.2, 0.25) is 0 Å². The molecule has 2 atom stereocenters. The maximum atomic E-state index is 11.7. The van der Waals surface area contributed by atoms with E-state index in [1.54, 1.807) is 0 Å². The molecule has 1 aliphatic rings. The number of carbonyl (C=O) groups excluding carboxylic acids is 1. The Kier molecular flexibility index (Phi) is 5.25. The van der Waals surface area contributed by atoms with Gasteiger partial charge in [0.25, 0.3) is 0 Å². The van der Waals surface area contributed by atoms with E-state index in [-0.39, 0.29) is 12.1 Å². The maximum absolute atomic E-state index is 11.7. The summed E-state index contributed by atoms with van der Waals surface area (Å²) < 4.78 is 5.27. The number of nitrogens with one attached hydrogen (secondary N) is 2. The molecule has 0 bridgehead atoms. The van der Waals surface area contributed by atoms with Gasteiger partial charge in [-0.15, -0.1) is 0 Å². The predicted molar refractivity (Wildman–Crippen MR) is 69.1 cm³/mol. The first-order valence-corrected chi connectivity index (χ1v) is 6.65. The van der Waals surface area contributed by atoms with E-state index < -0.39 is 5.60 Å². The van der Waals surface area contributed by atoms with Crippen LogP contribution in [0.15, 0.2) is 0 Å². The van der Waals surface area contributed by atoms with Gasteiger partial charge in [-0.2, -0.15) is 0 Å². The highest BCUT2D eigenvalue weighted by molar-refractivity contribution is 5.68. The Morgan fingerprint density at radius 2 is 1.94 bits per heavy atom. The molecule has 0 aromatic heterocycles. The largest absolute Gasteiger partial charge is 0.444 e. The van der Waals surface area contributed by atoms with Crippen molar-refractivity contribution in [3.63, 3.8) is 0 Å².